The van der Waals surface area contributed by atoms with Crippen molar-refractivity contribution in [1.29, 1.82) is 0 Å². The molecule has 0 radical (unpaired) electrons. The molecular weight excluding hydrogens is 698 g/mol. The van der Waals surface area contributed by atoms with Crippen molar-refractivity contribution < 1.29 is 38.3 Å². The van der Waals surface area contributed by atoms with E-state index in [4.69, 9.17) is 11.6 Å². The molecule has 0 atom stereocenters. The van der Waals surface area contributed by atoms with E-state index in [-0.39, 0.29) is 48.8 Å². The number of hydrogen-bond acceptors (Lipinski definition) is 5. The lowest BCUT2D eigenvalue weighted by atomic mass is 10.00. The number of rotatable bonds is 12. The van der Waals surface area contributed by atoms with Crippen LogP contribution in [0.4, 0.5) is 22.0 Å². The summed E-state index contributed by atoms with van der Waals surface area (Å²) < 4.78 is 113. The highest BCUT2D eigenvalue weighted by atomic mass is 32.2. The van der Waals surface area contributed by atoms with Gasteiger partial charge >= 0.3 is 6.18 Å². The number of para-hydroxylation sites is 1. The minimum Gasteiger partial charge on any atom is -0.383 e. The summed E-state index contributed by atoms with van der Waals surface area (Å²) in [6.07, 6.45) is -3.81. The molecule has 52 heavy (non-hydrogen) atoms. The monoisotopic (exact) mass is 740 g/mol. The summed E-state index contributed by atoms with van der Waals surface area (Å²) in [7, 11) is -2.77. The van der Waals surface area contributed by atoms with Gasteiger partial charge in [-0.3, -0.25) is 9.59 Å². The number of benzene rings is 4. The number of halogens is 5. The van der Waals surface area contributed by atoms with Crippen molar-refractivity contribution in [3.63, 3.8) is 0 Å². The van der Waals surface area contributed by atoms with Crippen LogP contribution < -0.4 is 5.43 Å². The lowest BCUT2D eigenvalue weighted by Crippen LogP contribution is -2.48. The second-order valence-corrected chi connectivity index (χ2v) is 13.4. The third-order valence-corrected chi connectivity index (χ3v) is 10.2. The summed E-state index contributed by atoms with van der Waals surface area (Å²) >= 11 is 1.08. The van der Waals surface area contributed by atoms with Gasteiger partial charge in [0.25, 0.3) is 0 Å². The van der Waals surface area contributed by atoms with E-state index in [0.717, 1.165) is 30.0 Å². The standard InChI is InChI=1S/C40H38F5N3O3S/c1-51-22-21-46-19-17-32(18-20-46)47(24-27-9-11-28(12-10-27)29-13-15-31(16-14-29)40(43,44)45)37(50)25-48-35-8-3-2-6-33(35)36(49)23-38(48)52-26-30-5-4-7-34(41)39(30)42/h2-16,23,32H,17-22,24-26H2,1H3/i1D3,21D2. The summed E-state index contributed by atoms with van der Waals surface area (Å²) in [5.41, 5.74) is 1.40. The fourth-order valence-corrected chi connectivity index (χ4v) is 7.39. The molecule has 5 aromatic rings. The largest absolute Gasteiger partial charge is 0.416 e. The molecule has 4 aromatic carbocycles. The summed E-state index contributed by atoms with van der Waals surface area (Å²) in [6, 6.07) is 23.4. The number of carbonyl (C=O) groups is 1. The van der Waals surface area contributed by atoms with Gasteiger partial charge in [0.05, 0.1) is 26.8 Å². The third kappa shape index (κ3) is 8.74. The number of alkyl halides is 3. The zero-order valence-electron chi connectivity index (χ0n) is 32.8. The zero-order chi connectivity index (χ0) is 41.1. The summed E-state index contributed by atoms with van der Waals surface area (Å²) in [6.45, 7) is -2.54. The highest BCUT2D eigenvalue weighted by Crippen LogP contribution is 2.32. The van der Waals surface area contributed by atoms with Crippen molar-refractivity contribution >= 4 is 28.6 Å². The number of ether oxygens (including phenoxy) is 1. The quantitative estimate of drug-likeness (QED) is 0.0951. The van der Waals surface area contributed by atoms with E-state index in [2.05, 4.69) is 0 Å². The first-order chi connectivity index (χ1) is 26.9. The van der Waals surface area contributed by atoms with Gasteiger partial charge in [-0.05, 0) is 59.9 Å². The van der Waals surface area contributed by atoms with Crippen LogP contribution in [0.5, 0.6) is 0 Å². The van der Waals surface area contributed by atoms with Crippen molar-refractivity contribution in [2.75, 3.05) is 33.2 Å². The van der Waals surface area contributed by atoms with Gasteiger partial charge in [-0.15, -0.1) is 11.8 Å². The van der Waals surface area contributed by atoms with Crippen molar-refractivity contribution in [2.24, 2.45) is 0 Å². The van der Waals surface area contributed by atoms with Crippen LogP contribution in [-0.2, 0) is 34.6 Å². The summed E-state index contributed by atoms with van der Waals surface area (Å²) in [5.74, 6) is -2.39. The zero-order valence-corrected chi connectivity index (χ0v) is 28.7. The maximum atomic E-state index is 14.6. The first-order valence-corrected chi connectivity index (χ1v) is 17.5. The lowest BCUT2D eigenvalue weighted by Gasteiger charge is -2.39. The Labute approximate surface area is 309 Å². The van der Waals surface area contributed by atoms with Crippen molar-refractivity contribution in [3.8, 4) is 11.1 Å². The molecule has 0 spiro atoms. The van der Waals surface area contributed by atoms with Gasteiger partial charge in [0.2, 0.25) is 5.91 Å². The predicted molar refractivity (Wildman–Crippen MR) is 193 cm³/mol. The molecule has 0 saturated carbocycles. The number of pyridine rings is 1. The average Bonchev–Trinajstić information content (AvgIpc) is 3.18. The van der Waals surface area contributed by atoms with Crippen LogP contribution in [0.3, 0.4) is 0 Å². The highest BCUT2D eigenvalue weighted by molar-refractivity contribution is 7.98. The Hall–Kier alpha value is -4.52. The van der Waals surface area contributed by atoms with E-state index in [0.29, 0.717) is 45.5 Å². The number of amides is 1. The second-order valence-electron chi connectivity index (χ2n) is 12.4. The molecular formula is C40H38F5N3O3S. The first-order valence-electron chi connectivity index (χ1n) is 19.0. The van der Waals surface area contributed by atoms with Crippen LogP contribution in [0.15, 0.2) is 107 Å². The SMILES string of the molecule is [2H]C([2H])([2H])OCC([2H])([2H])N1CCC(N(Cc2ccc(-c3ccc(C(F)(F)F)cc3)cc2)C(=O)Cn2c(SCc3cccc(F)c3F)cc(=O)c3ccccc32)CC1. The van der Waals surface area contributed by atoms with E-state index in [9.17, 15) is 31.5 Å². The number of aromatic nitrogens is 1. The number of carbonyl (C=O) groups excluding carboxylic acids is 1. The topological polar surface area (TPSA) is 54.8 Å². The number of fused-ring (bicyclic) bond motifs is 1. The maximum Gasteiger partial charge on any atom is 0.416 e. The maximum absolute atomic E-state index is 14.6. The molecule has 1 saturated heterocycles. The van der Waals surface area contributed by atoms with Gasteiger partial charge in [0.15, 0.2) is 17.1 Å². The van der Waals surface area contributed by atoms with Crippen LogP contribution >= 0.6 is 11.8 Å². The molecule has 1 aromatic heterocycles. The smallest absolute Gasteiger partial charge is 0.383 e. The van der Waals surface area contributed by atoms with Crippen molar-refractivity contribution in [1.82, 2.24) is 14.4 Å². The Balaban J connectivity index is 1.29. The Morgan fingerprint density at radius 2 is 1.65 bits per heavy atom. The van der Waals surface area contributed by atoms with E-state index in [1.165, 1.54) is 35.2 Å². The van der Waals surface area contributed by atoms with E-state index >= 15 is 0 Å². The van der Waals surface area contributed by atoms with Gasteiger partial charge in [-0.25, -0.2) is 8.78 Å². The molecule has 1 aliphatic heterocycles. The molecule has 272 valence electrons. The van der Waals surface area contributed by atoms with Gasteiger partial charge in [-0.1, -0.05) is 60.7 Å². The Morgan fingerprint density at radius 3 is 2.35 bits per heavy atom. The van der Waals surface area contributed by atoms with E-state index < -0.39 is 49.6 Å². The number of piperidine rings is 1. The summed E-state index contributed by atoms with van der Waals surface area (Å²) in [5, 5.41) is 0.709. The molecule has 1 aliphatic rings. The molecule has 6 nitrogen and oxygen atoms in total. The first kappa shape index (κ1) is 31.0. The molecule has 0 unspecified atom stereocenters. The van der Waals surface area contributed by atoms with Crippen LogP contribution in [0.25, 0.3) is 22.0 Å². The van der Waals surface area contributed by atoms with Crippen LogP contribution in [0.2, 0.25) is 0 Å². The normalized spacial score (nSPS) is 16.1. The number of methoxy groups -OCH3 is 1. The predicted octanol–water partition coefficient (Wildman–Crippen LogP) is 8.40. The van der Waals surface area contributed by atoms with Gasteiger partial charge in [0.1, 0.15) is 6.54 Å². The second kappa shape index (κ2) is 16.4. The minimum absolute atomic E-state index is 0.0312. The molecule has 0 N–H and O–H groups in total. The Kier molecular flexibility index (Phi) is 9.81. The number of nitrogens with zero attached hydrogens (tertiary/aromatic N) is 3. The minimum atomic E-state index is -4.47. The number of thioether (sulfide) groups is 1. The van der Waals surface area contributed by atoms with Crippen molar-refractivity contribution in [2.45, 2.75) is 48.9 Å². The van der Waals surface area contributed by atoms with Crippen LogP contribution in [0, 0.1) is 11.6 Å². The molecule has 1 amide bonds. The molecule has 0 bridgehead atoms. The number of likely N-dealkylation sites (tertiary alicyclic amines) is 1. The van der Waals surface area contributed by atoms with Crippen molar-refractivity contribution in [3.05, 3.63) is 136 Å². The summed E-state index contributed by atoms with van der Waals surface area (Å²) in [4.78, 5) is 31.0. The van der Waals surface area contributed by atoms with Crippen LogP contribution in [-0.4, -0.2) is 59.5 Å². The van der Waals surface area contributed by atoms with Gasteiger partial charge in [-0.2, -0.15) is 13.2 Å². The highest BCUT2D eigenvalue weighted by Gasteiger charge is 2.31. The van der Waals surface area contributed by atoms with E-state index in [1.54, 1.807) is 58.0 Å². The van der Waals surface area contributed by atoms with Gasteiger partial charge in [0, 0.05) is 64.7 Å². The molecule has 0 aliphatic carbocycles. The lowest BCUT2D eigenvalue weighted by molar-refractivity contribution is -0.137. The molecule has 6 rings (SSSR count). The van der Waals surface area contributed by atoms with Gasteiger partial charge < -0.3 is 19.1 Å². The van der Waals surface area contributed by atoms with E-state index in [1.807, 2.05) is 0 Å². The third-order valence-electron chi connectivity index (χ3n) is 9.12. The fourth-order valence-electron chi connectivity index (χ4n) is 6.36. The Morgan fingerprint density at radius 1 is 0.962 bits per heavy atom. The molecule has 2 heterocycles. The average molecular weight is 741 g/mol. The molecule has 1 fully saturated rings. The molecule has 12 heteroatoms. The van der Waals surface area contributed by atoms with Crippen LogP contribution in [0.1, 0.15) is 36.4 Å². The number of hydrogen-bond donors (Lipinski definition) is 0. The Bertz CT molecular complexity index is 2260. The fraction of sp³-hybridized carbons (Fsp3) is 0.300.